The Labute approximate surface area is 225 Å². The summed E-state index contributed by atoms with van der Waals surface area (Å²) in [6, 6.07) is 10.8. The maximum absolute atomic E-state index is 6.16. The smallest absolute Gasteiger partial charge is 0.232 e. The van der Waals surface area contributed by atoms with Crippen molar-refractivity contribution in [2.24, 2.45) is 0 Å². The number of hydrogen-bond acceptors (Lipinski definition) is 6. The van der Waals surface area contributed by atoms with E-state index in [2.05, 4.69) is 45.6 Å². The van der Waals surface area contributed by atoms with Gasteiger partial charge in [-0.15, -0.1) is 0 Å². The van der Waals surface area contributed by atoms with Gasteiger partial charge in [0.25, 0.3) is 0 Å². The van der Waals surface area contributed by atoms with Crippen molar-refractivity contribution in [1.29, 1.82) is 0 Å². The van der Waals surface area contributed by atoms with Gasteiger partial charge >= 0.3 is 0 Å². The highest BCUT2D eigenvalue weighted by Gasteiger charge is 2.34. The number of nitrogens with zero attached hydrogens (tertiary/aromatic N) is 4. The summed E-state index contributed by atoms with van der Waals surface area (Å²) >= 11 is 11.9. The molecule has 3 saturated heterocycles. The fourth-order valence-electron chi connectivity index (χ4n) is 5.70. The summed E-state index contributed by atoms with van der Waals surface area (Å²) in [7, 11) is 0. The summed E-state index contributed by atoms with van der Waals surface area (Å²) in [5.41, 5.74) is 1.21. The standard InChI is InChI=1S/C27H37ClN6OS/c1-20-6-2-3-15-34(20)24-18-23(33-13-4-5-14-33)30-25(31-24)32-26(36)29-19-27(11-16-35-17-12-27)21-7-9-22(28)10-8-21/h7-10,18,20H,2-6,11-17,19H2,1H3,(H2,29,30,31,32,36)/t20-/m0/s1. The molecule has 5 rings (SSSR count). The predicted molar refractivity (Wildman–Crippen MR) is 152 cm³/mol. The first-order chi connectivity index (χ1) is 17.5. The van der Waals surface area contributed by atoms with Crippen LogP contribution < -0.4 is 20.4 Å². The van der Waals surface area contributed by atoms with Crippen LogP contribution in [0.25, 0.3) is 0 Å². The van der Waals surface area contributed by atoms with Crippen molar-refractivity contribution in [3.8, 4) is 0 Å². The van der Waals surface area contributed by atoms with Gasteiger partial charge in [0, 0.05) is 61.9 Å². The monoisotopic (exact) mass is 528 g/mol. The van der Waals surface area contributed by atoms with Gasteiger partial charge in [0.2, 0.25) is 5.95 Å². The molecule has 0 amide bonds. The second-order valence-electron chi connectivity index (χ2n) is 10.3. The van der Waals surface area contributed by atoms with Crippen LogP contribution in [0.5, 0.6) is 0 Å². The number of anilines is 3. The fourth-order valence-corrected chi connectivity index (χ4v) is 5.99. The summed E-state index contributed by atoms with van der Waals surface area (Å²) in [4.78, 5) is 14.6. The molecule has 0 spiro atoms. The first-order valence-electron chi connectivity index (χ1n) is 13.3. The molecule has 0 radical (unpaired) electrons. The van der Waals surface area contributed by atoms with Gasteiger partial charge in [0.1, 0.15) is 11.6 Å². The molecular formula is C27H37ClN6OS. The molecular weight excluding hydrogens is 492 g/mol. The lowest BCUT2D eigenvalue weighted by Crippen LogP contribution is -2.45. The second kappa shape index (κ2) is 11.5. The highest BCUT2D eigenvalue weighted by Crippen LogP contribution is 2.35. The van der Waals surface area contributed by atoms with Crippen molar-refractivity contribution < 1.29 is 4.74 Å². The van der Waals surface area contributed by atoms with Gasteiger partial charge in [-0.3, -0.25) is 0 Å². The number of benzene rings is 1. The number of piperidine rings is 1. The first kappa shape index (κ1) is 25.5. The fraction of sp³-hybridized carbons (Fsp3) is 0.593. The number of thiocarbonyl (C=S) groups is 1. The molecule has 3 aliphatic heterocycles. The summed E-state index contributed by atoms with van der Waals surface area (Å²) in [6.07, 6.45) is 7.96. The molecule has 194 valence electrons. The molecule has 0 saturated carbocycles. The Bertz CT molecular complexity index is 1040. The van der Waals surface area contributed by atoms with Crippen molar-refractivity contribution in [3.05, 3.63) is 40.9 Å². The Morgan fingerprint density at radius 2 is 1.75 bits per heavy atom. The Morgan fingerprint density at radius 1 is 1.06 bits per heavy atom. The van der Waals surface area contributed by atoms with E-state index in [1.54, 1.807) is 0 Å². The molecule has 0 aliphatic carbocycles. The van der Waals surface area contributed by atoms with E-state index >= 15 is 0 Å². The average molecular weight is 529 g/mol. The highest BCUT2D eigenvalue weighted by atomic mass is 35.5. The van der Waals surface area contributed by atoms with Gasteiger partial charge in [-0.05, 0) is 81.8 Å². The minimum absolute atomic E-state index is 0.0543. The molecule has 0 unspecified atom stereocenters. The number of nitrogens with one attached hydrogen (secondary N) is 2. The molecule has 1 atom stereocenters. The van der Waals surface area contributed by atoms with E-state index in [-0.39, 0.29) is 5.41 Å². The number of hydrogen-bond donors (Lipinski definition) is 2. The molecule has 3 aliphatic rings. The molecule has 36 heavy (non-hydrogen) atoms. The third-order valence-corrected chi connectivity index (χ3v) is 8.44. The van der Waals surface area contributed by atoms with Crippen LogP contribution in [0.2, 0.25) is 5.02 Å². The van der Waals surface area contributed by atoms with Crippen molar-refractivity contribution in [2.75, 3.05) is 54.5 Å². The van der Waals surface area contributed by atoms with Crippen molar-refractivity contribution in [1.82, 2.24) is 15.3 Å². The molecule has 9 heteroatoms. The van der Waals surface area contributed by atoms with Gasteiger partial charge in [0.05, 0.1) is 0 Å². The topological polar surface area (TPSA) is 65.5 Å². The van der Waals surface area contributed by atoms with Crippen LogP contribution in [0.4, 0.5) is 17.6 Å². The second-order valence-corrected chi connectivity index (χ2v) is 11.2. The lowest BCUT2D eigenvalue weighted by molar-refractivity contribution is 0.0515. The SMILES string of the molecule is C[C@H]1CCCCN1c1cc(N2CCCC2)nc(NC(=S)NCC2(c3ccc(Cl)cc3)CCOCC2)n1. The Morgan fingerprint density at radius 3 is 2.47 bits per heavy atom. The minimum Gasteiger partial charge on any atom is -0.381 e. The van der Waals surface area contributed by atoms with E-state index in [0.717, 1.165) is 62.3 Å². The largest absolute Gasteiger partial charge is 0.381 e. The quantitative estimate of drug-likeness (QED) is 0.499. The van der Waals surface area contributed by atoms with Crippen molar-refractivity contribution in [2.45, 2.75) is 63.3 Å². The Hall–Kier alpha value is -2.16. The maximum atomic E-state index is 6.16. The molecule has 2 aromatic rings. The van der Waals surface area contributed by atoms with Crippen LogP contribution in [-0.2, 0) is 10.2 Å². The summed E-state index contributed by atoms with van der Waals surface area (Å²) in [6.45, 7) is 7.60. The summed E-state index contributed by atoms with van der Waals surface area (Å²) in [5.74, 6) is 2.55. The molecule has 4 heterocycles. The van der Waals surface area contributed by atoms with Crippen LogP contribution in [0, 0.1) is 0 Å². The lowest BCUT2D eigenvalue weighted by atomic mass is 9.74. The van der Waals surface area contributed by atoms with Gasteiger partial charge in [0.15, 0.2) is 5.11 Å². The average Bonchev–Trinajstić information content (AvgIpc) is 3.44. The van der Waals surface area contributed by atoms with E-state index in [1.165, 1.54) is 37.7 Å². The lowest BCUT2D eigenvalue weighted by Gasteiger charge is -2.38. The van der Waals surface area contributed by atoms with E-state index in [1.807, 2.05) is 12.1 Å². The van der Waals surface area contributed by atoms with E-state index < -0.39 is 0 Å². The number of ether oxygens (including phenoxy) is 1. The maximum Gasteiger partial charge on any atom is 0.232 e. The van der Waals surface area contributed by atoms with Crippen LogP contribution in [0.15, 0.2) is 30.3 Å². The summed E-state index contributed by atoms with van der Waals surface area (Å²) < 4.78 is 5.68. The normalized spacial score (nSPS) is 21.9. The van der Waals surface area contributed by atoms with E-state index in [0.29, 0.717) is 23.6 Å². The Balaban J connectivity index is 1.32. The molecule has 0 bridgehead atoms. The van der Waals surface area contributed by atoms with Crippen LogP contribution in [-0.4, -0.2) is 60.5 Å². The van der Waals surface area contributed by atoms with Gasteiger partial charge in [-0.25, -0.2) is 0 Å². The number of aromatic nitrogens is 2. The van der Waals surface area contributed by atoms with Gasteiger partial charge < -0.3 is 25.2 Å². The minimum atomic E-state index is -0.0543. The zero-order valence-electron chi connectivity index (χ0n) is 21.1. The molecule has 1 aromatic carbocycles. The van der Waals surface area contributed by atoms with Crippen molar-refractivity contribution in [3.63, 3.8) is 0 Å². The van der Waals surface area contributed by atoms with Gasteiger partial charge in [-0.1, -0.05) is 23.7 Å². The predicted octanol–water partition coefficient (Wildman–Crippen LogP) is 5.14. The third kappa shape index (κ3) is 5.87. The van der Waals surface area contributed by atoms with Gasteiger partial charge in [-0.2, -0.15) is 9.97 Å². The van der Waals surface area contributed by atoms with E-state index in [9.17, 15) is 0 Å². The third-order valence-electron chi connectivity index (χ3n) is 7.95. The molecule has 3 fully saturated rings. The van der Waals surface area contributed by atoms with Crippen molar-refractivity contribution >= 4 is 46.5 Å². The summed E-state index contributed by atoms with van der Waals surface area (Å²) in [5, 5.41) is 8.08. The van der Waals surface area contributed by atoms with Crippen LogP contribution in [0.3, 0.4) is 0 Å². The van der Waals surface area contributed by atoms with Crippen LogP contribution >= 0.6 is 23.8 Å². The van der Waals surface area contributed by atoms with E-state index in [4.69, 9.17) is 38.5 Å². The Kier molecular flexibility index (Phi) is 8.13. The first-order valence-corrected chi connectivity index (χ1v) is 14.1. The number of rotatable bonds is 6. The highest BCUT2D eigenvalue weighted by molar-refractivity contribution is 7.80. The zero-order chi connectivity index (χ0) is 25.0. The zero-order valence-corrected chi connectivity index (χ0v) is 22.7. The molecule has 7 nitrogen and oxygen atoms in total. The van der Waals surface area contributed by atoms with Crippen LogP contribution in [0.1, 0.15) is 57.4 Å². The number of halogens is 1. The molecule has 2 N–H and O–H groups in total. The molecule has 1 aromatic heterocycles.